The molecule has 1 N–H and O–H groups in total. The van der Waals surface area contributed by atoms with Crippen LogP contribution in [0.5, 0.6) is 0 Å². The number of rotatable bonds is 7. The summed E-state index contributed by atoms with van der Waals surface area (Å²) in [6.07, 6.45) is 6.26. The van der Waals surface area contributed by atoms with E-state index in [2.05, 4.69) is 16.0 Å². The Hall–Kier alpha value is -1.83. The lowest BCUT2D eigenvalue weighted by atomic mass is 9.79. The summed E-state index contributed by atoms with van der Waals surface area (Å²) < 4.78 is 0. The maximum absolute atomic E-state index is 12.6. The molecular weight excluding hydrogens is 240 g/mol. The zero-order valence-corrected chi connectivity index (χ0v) is 11.9. The molecule has 104 valence electrons. The van der Waals surface area contributed by atoms with Gasteiger partial charge < -0.3 is 9.88 Å². The van der Waals surface area contributed by atoms with Crippen molar-refractivity contribution in [2.75, 3.05) is 7.05 Å². The van der Waals surface area contributed by atoms with Gasteiger partial charge in [-0.3, -0.25) is 4.79 Å². The highest BCUT2D eigenvalue weighted by molar-refractivity contribution is 5.85. The summed E-state index contributed by atoms with van der Waals surface area (Å²) in [6, 6.07) is 2.26. The zero-order chi connectivity index (χ0) is 14.3. The summed E-state index contributed by atoms with van der Waals surface area (Å²) in [5.74, 6) is 0.630. The Balaban J connectivity index is 2.83. The molecule has 1 amide bonds. The molecule has 0 aliphatic rings. The first-order chi connectivity index (χ1) is 9.09. The van der Waals surface area contributed by atoms with Crippen molar-refractivity contribution in [3.63, 3.8) is 0 Å². The van der Waals surface area contributed by atoms with E-state index in [9.17, 15) is 10.1 Å². The molecule has 5 nitrogen and oxygen atoms in total. The minimum atomic E-state index is -0.884. The predicted octanol–water partition coefficient (Wildman–Crippen LogP) is 2.48. The van der Waals surface area contributed by atoms with Crippen molar-refractivity contribution in [2.45, 2.75) is 46.1 Å². The van der Waals surface area contributed by atoms with Gasteiger partial charge in [0.2, 0.25) is 5.91 Å². The molecule has 0 radical (unpaired) electrons. The van der Waals surface area contributed by atoms with Crippen molar-refractivity contribution in [2.24, 2.45) is 5.41 Å². The first kappa shape index (κ1) is 15.2. The molecule has 0 atom stereocenters. The molecule has 0 aromatic carbocycles. The quantitative estimate of drug-likeness (QED) is 0.820. The SMILES string of the molecule is CCCC(C#N)(CCC)C(=O)N(C)Cc1ncc[nH]1. The Labute approximate surface area is 114 Å². The molecule has 1 aromatic heterocycles. The number of hydrogen-bond acceptors (Lipinski definition) is 3. The van der Waals surface area contributed by atoms with Crippen molar-refractivity contribution in [3.05, 3.63) is 18.2 Å². The van der Waals surface area contributed by atoms with Crippen molar-refractivity contribution < 1.29 is 4.79 Å². The standard InChI is InChI=1S/C14H22N4O/c1-4-6-14(11-15,7-5-2)13(19)18(3)10-12-16-8-9-17-12/h8-9H,4-7,10H2,1-3H3,(H,16,17). The molecule has 0 bridgehead atoms. The fourth-order valence-corrected chi connectivity index (χ4v) is 2.40. The van der Waals surface area contributed by atoms with Crippen molar-refractivity contribution >= 4 is 5.91 Å². The highest BCUT2D eigenvalue weighted by atomic mass is 16.2. The predicted molar refractivity (Wildman–Crippen MR) is 72.9 cm³/mol. The van der Waals surface area contributed by atoms with E-state index in [-0.39, 0.29) is 5.91 Å². The second-order valence-electron chi connectivity index (χ2n) is 4.89. The number of aromatic amines is 1. The fraction of sp³-hybridized carbons (Fsp3) is 0.643. The molecule has 1 rings (SSSR count). The highest BCUT2D eigenvalue weighted by Crippen LogP contribution is 2.31. The number of carbonyl (C=O) groups is 1. The third-order valence-corrected chi connectivity index (χ3v) is 3.27. The lowest BCUT2D eigenvalue weighted by Crippen LogP contribution is -2.41. The minimum absolute atomic E-state index is 0.102. The maximum atomic E-state index is 12.6. The maximum Gasteiger partial charge on any atom is 0.243 e. The van der Waals surface area contributed by atoms with Crippen molar-refractivity contribution in [1.82, 2.24) is 14.9 Å². The molecule has 19 heavy (non-hydrogen) atoms. The van der Waals surface area contributed by atoms with E-state index in [0.717, 1.165) is 18.7 Å². The van der Waals surface area contributed by atoms with Crippen LogP contribution in [0.3, 0.4) is 0 Å². The fourth-order valence-electron chi connectivity index (χ4n) is 2.40. The van der Waals surface area contributed by atoms with Crippen LogP contribution in [-0.2, 0) is 11.3 Å². The minimum Gasteiger partial charge on any atom is -0.347 e. The molecule has 0 aliphatic heterocycles. The normalized spacial score (nSPS) is 11.1. The third-order valence-electron chi connectivity index (χ3n) is 3.27. The Kier molecular flexibility index (Phi) is 5.56. The number of amides is 1. The molecule has 0 aliphatic carbocycles. The average Bonchev–Trinajstić information content (AvgIpc) is 2.90. The zero-order valence-electron chi connectivity index (χ0n) is 11.9. The van der Waals surface area contributed by atoms with Gasteiger partial charge in [0.05, 0.1) is 12.6 Å². The number of hydrogen-bond donors (Lipinski definition) is 1. The average molecular weight is 262 g/mol. The van der Waals surface area contributed by atoms with E-state index in [0.29, 0.717) is 19.4 Å². The highest BCUT2D eigenvalue weighted by Gasteiger charge is 2.39. The van der Waals surface area contributed by atoms with Gasteiger partial charge in [0.15, 0.2) is 0 Å². The third kappa shape index (κ3) is 3.57. The Morgan fingerprint density at radius 3 is 2.53 bits per heavy atom. The van der Waals surface area contributed by atoms with Crippen LogP contribution in [0.2, 0.25) is 0 Å². The second kappa shape index (κ2) is 6.93. The number of carbonyl (C=O) groups excluding carboxylic acids is 1. The number of nitriles is 1. The van der Waals surface area contributed by atoms with Gasteiger partial charge in [-0.25, -0.2) is 4.98 Å². The number of H-pyrrole nitrogens is 1. The lowest BCUT2D eigenvalue weighted by Gasteiger charge is -2.29. The van der Waals surface area contributed by atoms with Crippen LogP contribution in [0.4, 0.5) is 0 Å². The van der Waals surface area contributed by atoms with Gasteiger partial charge in [-0.15, -0.1) is 0 Å². The molecule has 0 unspecified atom stereocenters. The van der Waals surface area contributed by atoms with Crippen molar-refractivity contribution in [3.8, 4) is 6.07 Å². The van der Waals surface area contributed by atoms with E-state index < -0.39 is 5.41 Å². The van der Waals surface area contributed by atoms with Crippen LogP contribution < -0.4 is 0 Å². The van der Waals surface area contributed by atoms with Crippen LogP contribution in [-0.4, -0.2) is 27.8 Å². The summed E-state index contributed by atoms with van der Waals surface area (Å²) in [7, 11) is 1.72. The number of nitrogens with zero attached hydrogens (tertiary/aromatic N) is 3. The van der Waals surface area contributed by atoms with E-state index in [1.165, 1.54) is 0 Å². The lowest BCUT2D eigenvalue weighted by molar-refractivity contribution is -0.139. The molecule has 0 spiro atoms. The molecule has 0 fully saturated rings. The van der Waals surface area contributed by atoms with Gasteiger partial charge in [0.1, 0.15) is 11.2 Å². The molecule has 0 saturated heterocycles. The summed E-state index contributed by atoms with van der Waals surface area (Å²) >= 11 is 0. The van der Waals surface area contributed by atoms with Gasteiger partial charge >= 0.3 is 0 Å². The van der Waals surface area contributed by atoms with Crippen LogP contribution >= 0.6 is 0 Å². The second-order valence-corrected chi connectivity index (χ2v) is 4.89. The summed E-state index contributed by atoms with van der Waals surface area (Å²) in [6.45, 7) is 4.41. The van der Waals surface area contributed by atoms with Gasteiger partial charge in [-0.2, -0.15) is 5.26 Å². The molecule has 0 saturated carbocycles. The van der Waals surface area contributed by atoms with Crippen LogP contribution in [0.1, 0.15) is 45.4 Å². The topological polar surface area (TPSA) is 72.8 Å². The van der Waals surface area contributed by atoms with E-state index >= 15 is 0 Å². The summed E-state index contributed by atoms with van der Waals surface area (Å²) in [4.78, 5) is 21.2. The van der Waals surface area contributed by atoms with E-state index in [1.807, 2.05) is 13.8 Å². The molecule has 5 heteroatoms. The Morgan fingerprint density at radius 1 is 1.47 bits per heavy atom. The van der Waals surface area contributed by atoms with Crippen molar-refractivity contribution in [1.29, 1.82) is 5.26 Å². The number of imidazole rings is 1. The first-order valence-electron chi connectivity index (χ1n) is 6.74. The number of aromatic nitrogens is 2. The van der Waals surface area contributed by atoms with Crippen LogP contribution in [0.25, 0.3) is 0 Å². The smallest absolute Gasteiger partial charge is 0.243 e. The summed E-state index contributed by atoms with van der Waals surface area (Å²) in [5, 5.41) is 9.46. The Morgan fingerprint density at radius 2 is 2.11 bits per heavy atom. The van der Waals surface area contributed by atoms with Crippen LogP contribution in [0, 0.1) is 16.7 Å². The molecule has 1 aromatic rings. The summed E-state index contributed by atoms with van der Waals surface area (Å²) in [5.41, 5.74) is -0.884. The largest absolute Gasteiger partial charge is 0.347 e. The van der Waals surface area contributed by atoms with Gasteiger partial charge in [0, 0.05) is 19.4 Å². The van der Waals surface area contributed by atoms with Gasteiger partial charge in [-0.05, 0) is 12.8 Å². The molecular formula is C14H22N4O. The number of nitrogens with one attached hydrogen (secondary N) is 1. The first-order valence-corrected chi connectivity index (χ1v) is 6.74. The van der Waals surface area contributed by atoms with Gasteiger partial charge in [-0.1, -0.05) is 26.7 Å². The van der Waals surface area contributed by atoms with Gasteiger partial charge in [0.25, 0.3) is 0 Å². The Bertz CT molecular complexity index is 427. The monoisotopic (exact) mass is 262 g/mol. The van der Waals surface area contributed by atoms with E-state index in [4.69, 9.17) is 0 Å². The van der Waals surface area contributed by atoms with E-state index in [1.54, 1.807) is 24.3 Å². The van der Waals surface area contributed by atoms with Crippen LogP contribution in [0.15, 0.2) is 12.4 Å². The molecule has 1 heterocycles.